The van der Waals surface area contributed by atoms with Crippen molar-refractivity contribution in [3.8, 4) is 11.6 Å². The van der Waals surface area contributed by atoms with E-state index in [0.717, 1.165) is 24.4 Å². The van der Waals surface area contributed by atoms with E-state index >= 15 is 0 Å². The Balaban J connectivity index is 1.54. The topological polar surface area (TPSA) is 54.5 Å². The number of nitrogens with one attached hydrogen (secondary N) is 1. The fourth-order valence-electron chi connectivity index (χ4n) is 3.00. The van der Waals surface area contributed by atoms with Gasteiger partial charge in [0.05, 0.1) is 6.54 Å². The summed E-state index contributed by atoms with van der Waals surface area (Å²) in [6.07, 6.45) is 6.61. The molecule has 1 aromatic carbocycles. The van der Waals surface area contributed by atoms with Crippen molar-refractivity contribution in [1.29, 1.82) is 0 Å². The van der Waals surface area contributed by atoms with Gasteiger partial charge in [-0.2, -0.15) is 0 Å². The van der Waals surface area contributed by atoms with Crippen molar-refractivity contribution < 1.29 is 9.53 Å². The van der Waals surface area contributed by atoms with Crippen LogP contribution in [0.1, 0.15) is 31.2 Å². The van der Waals surface area contributed by atoms with Crippen molar-refractivity contribution >= 4 is 5.91 Å². The highest BCUT2D eigenvalue weighted by molar-refractivity contribution is 5.78. The molecule has 132 valence electrons. The lowest BCUT2D eigenvalue weighted by molar-refractivity contribution is -0.122. The zero-order valence-electron chi connectivity index (χ0n) is 14.5. The number of hydrogen-bond acceptors (Lipinski definition) is 4. The van der Waals surface area contributed by atoms with Gasteiger partial charge in [0.2, 0.25) is 11.8 Å². The maximum Gasteiger partial charge on any atom is 0.234 e. The lowest BCUT2D eigenvalue weighted by Gasteiger charge is -2.19. The van der Waals surface area contributed by atoms with Crippen molar-refractivity contribution in [2.75, 3.05) is 19.6 Å². The maximum atomic E-state index is 12.3. The van der Waals surface area contributed by atoms with Gasteiger partial charge in [-0.15, -0.1) is 0 Å². The summed E-state index contributed by atoms with van der Waals surface area (Å²) in [6, 6.07) is 13.3. The van der Waals surface area contributed by atoms with E-state index in [1.54, 1.807) is 6.20 Å². The van der Waals surface area contributed by atoms with E-state index in [9.17, 15) is 4.79 Å². The average molecular weight is 339 g/mol. The molecular weight excluding hydrogens is 314 g/mol. The Labute approximate surface area is 149 Å². The highest BCUT2D eigenvalue weighted by atomic mass is 16.5. The second kappa shape index (κ2) is 9.18. The molecule has 5 heteroatoms. The molecule has 1 saturated heterocycles. The zero-order chi connectivity index (χ0) is 17.3. The first-order chi connectivity index (χ1) is 12.3. The van der Waals surface area contributed by atoms with Gasteiger partial charge in [0.25, 0.3) is 0 Å². The van der Waals surface area contributed by atoms with E-state index in [4.69, 9.17) is 4.74 Å². The molecule has 3 rings (SSSR count). The predicted octanol–water partition coefficient (Wildman–Crippen LogP) is 3.37. The molecule has 5 nitrogen and oxygen atoms in total. The fraction of sp³-hybridized carbons (Fsp3) is 0.400. The summed E-state index contributed by atoms with van der Waals surface area (Å²) in [5.74, 6) is 1.32. The quantitative estimate of drug-likeness (QED) is 0.877. The number of nitrogens with zero attached hydrogens (tertiary/aromatic N) is 2. The number of pyridine rings is 1. The van der Waals surface area contributed by atoms with E-state index in [1.165, 1.54) is 25.7 Å². The number of carbonyl (C=O) groups excluding carboxylic acids is 1. The molecular formula is C20H25N3O2. The number of para-hydroxylation sites is 1. The molecule has 2 aromatic rings. The van der Waals surface area contributed by atoms with Crippen LogP contribution in [-0.2, 0) is 11.3 Å². The van der Waals surface area contributed by atoms with Gasteiger partial charge in [-0.3, -0.25) is 9.69 Å². The van der Waals surface area contributed by atoms with E-state index in [0.29, 0.717) is 19.0 Å². The second-order valence-electron chi connectivity index (χ2n) is 6.35. The van der Waals surface area contributed by atoms with Gasteiger partial charge in [-0.25, -0.2) is 4.98 Å². The molecule has 1 aliphatic rings. The zero-order valence-corrected chi connectivity index (χ0v) is 14.5. The van der Waals surface area contributed by atoms with Crippen LogP contribution in [0.4, 0.5) is 0 Å². The van der Waals surface area contributed by atoms with Crippen LogP contribution in [0.2, 0.25) is 0 Å². The molecule has 1 amide bonds. The van der Waals surface area contributed by atoms with Crippen LogP contribution in [0.25, 0.3) is 0 Å². The first-order valence-electron chi connectivity index (χ1n) is 8.97. The minimum absolute atomic E-state index is 0.0522. The number of likely N-dealkylation sites (tertiary alicyclic amines) is 1. The van der Waals surface area contributed by atoms with Gasteiger partial charge in [0, 0.05) is 18.3 Å². The van der Waals surface area contributed by atoms with Crippen molar-refractivity contribution in [3.63, 3.8) is 0 Å². The van der Waals surface area contributed by atoms with E-state index in [2.05, 4.69) is 15.2 Å². The van der Waals surface area contributed by atoms with Crippen LogP contribution in [0, 0.1) is 0 Å². The van der Waals surface area contributed by atoms with Crippen LogP contribution in [-0.4, -0.2) is 35.4 Å². The summed E-state index contributed by atoms with van der Waals surface area (Å²) >= 11 is 0. The summed E-state index contributed by atoms with van der Waals surface area (Å²) in [7, 11) is 0. The van der Waals surface area contributed by atoms with Crippen LogP contribution in [0.15, 0.2) is 48.7 Å². The Morgan fingerprint density at radius 1 is 1.04 bits per heavy atom. The minimum Gasteiger partial charge on any atom is -0.439 e. The normalized spacial score (nSPS) is 15.4. The molecule has 0 spiro atoms. The molecule has 0 saturated carbocycles. The minimum atomic E-state index is 0.0522. The smallest absolute Gasteiger partial charge is 0.234 e. The number of aromatic nitrogens is 1. The lowest BCUT2D eigenvalue weighted by Crippen LogP contribution is -2.37. The molecule has 2 heterocycles. The number of amides is 1. The lowest BCUT2D eigenvalue weighted by atomic mass is 10.2. The van der Waals surface area contributed by atoms with Crippen LogP contribution < -0.4 is 10.1 Å². The van der Waals surface area contributed by atoms with Crippen molar-refractivity contribution in [2.24, 2.45) is 0 Å². The highest BCUT2D eigenvalue weighted by Crippen LogP contribution is 2.22. The number of ether oxygens (including phenoxy) is 1. The third kappa shape index (κ3) is 5.57. The van der Waals surface area contributed by atoms with E-state index < -0.39 is 0 Å². The van der Waals surface area contributed by atoms with Crippen molar-refractivity contribution in [3.05, 3.63) is 54.2 Å². The molecule has 0 aliphatic carbocycles. The fourth-order valence-corrected chi connectivity index (χ4v) is 3.00. The summed E-state index contributed by atoms with van der Waals surface area (Å²) in [4.78, 5) is 18.8. The molecule has 1 aromatic heterocycles. The van der Waals surface area contributed by atoms with Gasteiger partial charge in [0.15, 0.2) is 0 Å². The van der Waals surface area contributed by atoms with E-state index in [1.807, 2.05) is 42.5 Å². The monoisotopic (exact) mass is 339 g/mol. The molecule has 1 aliphatic heterocycles. The van der Waals surface area contributed by atoms with E-state index in [-0.39, 0.29) is 5.91 Å². The second-order valence-corrected chi connectivity index (χ2v) is 6.35. The third-order valence-corrected chi connectivity index (χ3v) is 4.35. The molecule has 1 fully saturated rings. The van der Waals surface area contributed by atoms with Crippen LogP contribution in [0.5, 0.6) is 11.6 Å². The van der Waals surface area contributed by atoms with Crippen LogP contribution in [0.3, 0.4) is 0 Å². The standard InChI is InChI=1S/C20H25N3O2/c24-19(16-23-13-6-1-2-7-14-23)22-15-17-9-8-12-21-20(17)25-18-10-4-3-5-11-18/h3-5,8-12H,1-2,6-7,13-16H2,(H,22,24). The average Bonchev–Trinajstić information content (AvgIpc) is 2.90. The van der Waals surface area contributed by atoms with Gasteiger partial charge >= 0.3 is 0 Å². The number of benzene rings is 1. The maximum absolute atomic E-state index is 12.3. The Kier molecular flexibility index (Phi) is 6.40. The Bertz CT molecular complexity index is 668. The third-order valence-electron chi connectivity index (χ3n) is 4.35. The first-order valence-corrected chi connectivity index (χ1v) is 8.97. The SMILES string of the molecule is O=C(CN1CCCCCC1)NCc1cccnc1Oc1ccccc1. The summed E-state index contributed by atoms with van der Waals surface area (Å²) in [5, 5.41) is 2.99. The van der Waals surface area contributed by atoms with Gasteiger partial charge in [-0.05, 0) is 44.1 Å². The number of rotatable bonds is 6. The van der Waals surface area contributed by atoms with Gasteiger partial charge in [-0.1, -0.05) is 37.1 Å². The Hall–Kier alpha value is -2.40. The summed E-state index contributed by atoms with van der Waals surface area (Å²) < 4.78 is 5.84. The molecule has 0 radical (unpaired) electrons. The van der Waals surface area contributed by atoms with Crippen LogP contribution >= 0.6 is 0 Å². The van der Waals surface area contributed by atoms with Crippen molar-refractivity contribution in [2.45, 2.75) is 32.2 Å². The Morgan fingerprint density at radius 3 is 2.56 bits per heavy atom. The Morgan fingerprint density at radius 2 is 1.80 bits per heavy atom. The number of hydrogen-bond donors (Lipinski definition) is 1. The summed E-state index contributed by atoms with van der Waals surface area (Å²) in [5.41, 5.74) is 0.871. The predicted molar refractivity (Wildman–Crippen MR) is 97.5 cm³/mol. The van der Waals surface area contributed by atoms with Crippen molar-refractivity contribution in [1.82, 2.24) is 15.2 Å². The van der Waals surface area contributed by atoms with Gasteiger partial charge in [0.1, 0.15) is 5.75 Å². The molecule has 1 N–H and O–H groups in total. The largest absolute Gasteiger partial charge is 0.439 e. The van der Waals surface area contributed by atoms with Gasteiger partial charge < -0.3 is 10.1 Å². The molecule has 0 atom stereocenters. The highest BCUT2D eigenvalue weighted by Gasteiger charge is 2.13. The summed E-state index contributed by atoms with van der Waals surface area (Å²) in [6.45, 7) is 2.92. The molecule has 0 bridgehead atoms. The molecule has 0 unspecified atom stereocenters. The number of carbonyl (C=O) groups is 1. The molecule has 25 heavy (non-hydrogen) atoms. The first kappa shape index (κ1) is 17.4.